The van der Waals surface area contributed by atoms with Crippen molar-refractivity contribution in [1.82, 2.24) is 0 Å². The molecule has 0 nitrogen and oxygen atoms in total. The van der Waals surface area contributed by atoms with Crippen LogP contribution in [0.15, 0.2) is 12.1 Å². The third kappa shape index (κ3) is 0.191. The van der Waals surface area contributed by atoms with Gasteiger partial charge in [0, 0.05) is 11.8 Å². The van der Waals surface area contributed by atoms with Gasteiger partial charge in [0.2, 0.25) is 0 Å². The summed E-state index contributed by atoms with van der Waals surface area (Å²) in [6, 6.07) is 4.49. The summed E-state index contributed by atoms with van der Waals surface area (Å²) in [6.07, 6.45) is 4.79. The molecule has 0 aliphatic heterocycles. The smallest absolute Gasteiger partial charge is 0.0140 e. The second kappa shape index (κ2) is 0.878. The van der Waals surface area contributed by atoms with Gasteiger partial charge in [-0.2, -0.15) is 0 Å². The van der Waals surface area contributed by atoms with Crippen LogP contribution in [0.4, 0.5) is 0 Å². The van der Waals surface area contributed by atoms with Crippen LogP contribution in [0.25, 0.3) is 12.2 Å². The van der Waals surface area contributed by atoms with Crippen LogP contribution in [-0.2, 0) is 0 Å². The average Bonchev–Trinajstić information content (AvgIpc) is 1.76. The molecule has 0 radical (unpaired) electrons. The first-order valence-corrected chi connectivity index (χ1v) is 3.82. The van der Waals surface area contributed by atoms with E-state index in [9.17, 15) is 0 Å². The largest absolute Gasteiger partial charge is 0.0685 e. The van der Waals surface area contributed by atoms with E-state index in [0.29, 0.717) is 0 Å². The number of rotatable bonds is 0. The van der Waals surface area contributed by atoms with E-state index in [4.69, 9.17) is 0 Å². The van der Waals surface area contributed by atoms with Crippen molar-refractivity contribution in [3.8, 4) is 0 Å². The van der Waals surface area contributed by atoms with E-state index < -0.39 is 0 Å². The van der Waals surface area contributed by atoms with Gasteiger partial charge >= 0.3 is 0 Å². The molecule has 0 amide bonds. The molecule has 3 aliphatic carbocycles. The van der Waals surface area contributed by atoms with Gasteiger partial charge in [-0.1, -0.05) is 24.3 Å². The molecule has 2 atom stereocenters. The summed E-state index contributed by atoms with van der Waals surface area (Å²) >= 11 is 0. The van der Waals surface area contributed by atoms with Crippen molar-refractivity contribution < 1.29 is 0 Å². The second-order valence-corrected chi connectivity index (χ2v) is 3.46. The van der Waals surface area contributed by atoms with Crippen molar-refractivity contribution in [3.63, 3.8) is 0 Å². The Morgan fingerprint density at radius 2 is 1.30 bits per heavy atom. The zero-order valence-electron chi connectivity index (χ0n) is 5.46. The molecule has 1 aromatic carbocycles. The van der Waals surface area contributed by atoms with Crippen molar-refractivity contribution in [3.05, 3.63) is 33.7 Å². The van der Waals surface area contributed by atoms with Gasteiger partial charge in [0.1, 0.15) is 0 Å². The van der Waals surface area contributed by atoms with E-state index in [0.717, 1.165) is 11.8 Å². The van der Waals surface area contributed by atoms with Crippen LogP contribution >= 0.6 is 0 Å². The van der Waals surface area contributed by atoms with Crippen molar-refractivity contribution in [2.75, 3.05) is 0 Å². The molecule has 3 aliphatic rings. The SMILES string of the molecule is C1=c2ccc3c4c2C1C4C=3. The van der Waals surface area contributed by atoms with E-state index in [2.05, 4.69) is 24.3 Å². The molecule has 0 bridgehead atoms. The lowest BCUT2D eigenvalue weighted by molar-refractivity contribution is 0.626. The number of benzene rings is 1. The van der Waals surface area contributed by atoms with Crippen LogP contribution in [-0.4, -0.2) is 0 Å². The normalized spacial score (nSPS) is 33.6. The van der Waals surface area contributed by atoms with Crippen molar-refractivity contribution in [1.29, 1.82) is 0 Å². The van der Waals surface area contributed by atoms with Crippen LogP contribution in [0.1, 0.15) is 23.0 Å². The lowest BCUT2D eigenvalue weighted by Crippen LogP contribution is -2.48. The van der Waals surface area contributed by atoms with Crippen LogP contribution in [0.2, 0.25) is 0 Å². The van der Waals surface area contributed by atoms with Crippen LogP contribution in [0, 0.1) is 0 Å². The monoisotopic (exact) mass is 126 g/mol. The van der Waals surface area contributed by atoms with Gasteiger partial charge in [-0.3, -0.25) is 0 Å². The van der Waals surface area contributed by atoms with Gasteiger partial charge in [0.25, 0.3) is 0 Å². The van der Waals surface area contributed by atoms with Crippen molar-refractivity contribution >= 4 is 12.2 Å². The molecule has 0 heteroatoms. The first-order chi connectivity index (χ1) is 4.95. The Bertz CT molecular complexity index is 421. The summed E-state index contributed by atoms with van der Waals surface area (Å²) in [5, 5.41) is 3.02. The number of hydrogen-bond donors (Lipinski definition) is 0. The highest BCUT2D eigenvalue weighted by molar-refractivity contribution is 5.77. The predicted molar refractivity (Wildman–Crippen MR) is 40.1 cm³/mol. The summed E-state index contributed by atoms with van der Waals surface area (Å²) < 4.78 is 0. The minimum absolute atomic E-state index is 0.846. The molecule has 4 rings (SSSR count). The van der Waals surface area contributed by atoms with Gasteiger partial charge in [-0.25, -0.2) is 0 Å². The minimum Gasteiger partial charge on any atom is -0.0685 e. The second-order valence-electron chi connectivity index (χ2n) is 3.46. The fraction of sp³-hybridized carbons (Fsp3) is 0.200. The summed E-state index contributed by atoms with van der Waals surface area (Å²) in [5.41, 5.74) is 3.34. The highest BCUT2D eigenvalue weighted by Crippen LogP contribution is 2.52. The molecule has 0 heterocycles. The molecule has 0 aromatic heterocycles. The zero-order chi connectivity index (χ0) is 6.29. The van der Waals surface area contributed by atoms with E-state index in [1.165, 1.54) is 10.4 Å². The number of hydrogen-bond acceptors (Lipinski definition) is 0. The molecule has 10 heavy (non-hydrogen) atoms. The molecular weight excluding hydrogens is 120 g/mol. The Kier molecular flexibility index (Phi) is 0.348. The maximum Gasteiger partial charge on any atom is 0.0140 e. The van der Waals surface area contributed by atoms with Gasteiger partial charge in [0.05, 0.1) is 0 Å². The van der Waals surface area contributed by atoms with E-state index in [1.54, 1.807) is 11.1 Å². The summed E-state index contributed by atoms with van der Waals surface area (Å²) in [5.74, 6) is 1.69. The average molecular weight is 126 g/mol. The van der Waals surface area contributed by atoms with Crippen molar-refractivity contribution in [2.24, 2.45) is 0 Å². The van der Waals surface area contributed by atoms with E-state index in [-0.39, 0.29) is 0 Å². The Hall–Kier alpha value is -1.04. The first kappa shape index (κ1) is 3.97. The molecule has 0 N–H and O–H groups in total. The lowest BCUT2D eigenvalue weighted by Gasteiger charge is -2.47. The third-order valence-corrected chi connectivity index (χ3v) is 3.13. The maximum atomic E-state index is 2.40. The zero-order valence-corrected chi connectivity index (χ0v) is 5.46. The first-order valence-electron chi connectivity index (χ1n) is 3.82. The fourth-order valence-electron chi connectivity index (χ4n) is 2.54. The molecule has 0 fully saturated rings. The molecule has 0 saturated carbocycles. The van der Waals surface area contributed by atoms with Gasteiger partial charge < -0.3 is 0 Å². The van der Waals surface area contributed by atoms with Gasteiger partial charge in [-0.05, 0) is 21.6 Å². The lowest BCUT2D eigenvalue weighted by atomic mass is 9.56. The summed E-state index contributed by atoms with van der Waals surface area (Å²) in [6.45, 7) is 0. The predicted octanol–water partition coefficient (Wildman–Crippen LogP) is 0.456. The fourth-order valence-corrected chi connectivity index (χ4v) is 2.54. The van der Waals surface area contributed by atoms with E-state index >= 15 is 0 Å². The molecule has 46 valence electrons. The number of fused-ring (bicyclic) bond motifs is 1. The van der Waals surface area contributed by atoms with Gasteiger partial charge in [0.15, 0.2) is 0 Å². The quantitative estimate of drug-likeness (QED) is 0.473. The van der Waals surface area contributed by atoms with Gasteiger partial charge in [-0.15, -0.1) is 0 Å². The molecule has 0 spiro atoms. The Balaban J connectivity index is 2.49. The summed E-state index contributed by atoms with van der Waals surface area (Å²) in [4.78, 5) is 0. The highest BCUT2D eigenvalue weighted by Gasteiger charge is 2.44. The molecule has 2 unspecified atom stereocenters. The van der Waals surface area contributed by atoms with Crippen LogP contribution < -0.4 is 10.4 Å². The highest BCUT2D eigenvalue weighted by atomic mass is 14.5. The minimum atomic E-state index is 0.846. The Morgan fingerprint density at radius 3 is 1.80 bits per heavy atom. The Morgan fingerprint density at radius 1 is 0.800 bits per heavy atom. The molecule has 1 aromatic rings. The topological polar surface area (TPSA) is 0 Å². The molecular formula is C10H6. The van der Waals surface area contributed by atoms with Crippen LogP contribution in [0.5, 0.6) is 0 Å². The van der Waals surface area contributed by atoms with Crippen molar-refractivity contribution in [2.45, 2.75) is 11.8 Å². The third-order valence-electron chi connectivity index (χ3n) is 3.13. The Labute approximate surface area is 58.5 Å². The molecule has 0 saturated heterocycles. The maximum absolute atomic E-state index is 2.40. The van der Waals surface area contributed by atoms with Crippen LogP contribution in [0.3, 0.4) is 0 Å². The standard InChI is InChI=1S/C10H6/c1-2-6-4-8-7-3-5(1)9(7)10(6)8/h1-4,7-8H. The van der Waals surface area contributed by atoms with E-state index in [1.807, 2.05) is 0 Å². The summed E-state index contributed by atoms with van der Waals surface area (Å²) in [7, 11) is 0.